The highest BCUT2D eigenvalue weighted by Crippen LogP contribution is 2.23. The van der Waals surface area contributed by atoms with E-state index in [9.17, 15) is 4.79 Å². The average molecular weight is 360 g/mol. The zero-order valence-electron chi connectivity index (χ0n) is 13.5. The summed E-state index contributed by atoms with van der Waals surface area (Å²) in [5.41, 5.74) is 5.46. The molecule has 0 aromatic heterocycles. The van der Waals surface area contributed by atoms with Gasteiger partial charge in [0.25, 0.3) is 0 Å². The summed E-state index contributed by atoms with van der Waals surface area (Å²) < 4.78 is 5.35. The van der Waals surface area contributed by atoms with Crippen LogP contribution in [0.1, 0.15) is 15.9 Å². The summed E-state index contributed by atoms with van der Waals surface area (Å²) >= 11 is 6.04. The second-order valence-corrected chi connectivity index (χ2v) is 5.97. The Morgan fingerprint density at radius 2 is 1.92 bits per heavy atom. The first-order valence-corrected chi connectivity index (χ1v) is 8.26. The molecule has 1 saturated heterocycles. The maximum atomic E-state index is 11.0. The third kappa shape index (κ3) is 4.49. The second-order valence-electron chi connectivity index (χ2n) is 5.56. The predicted octanol–water partition coefficient (Wildman–Crippen LogP) is 3.32. The molecule has 0 bridgehead atoms. The van der Waals surface area contributed by atoms with Gasteiger partial charge in [-0.15, -0.1) is 0 Å². The second kappa shape index (κ2) is 8.00. The Morgan fingerprint density at radius 3 is 2.60 bits per heavy atom. The van der Waals surface area contributed by atoms with Gasteiger partial charge in [0.05, 0.1) is 35.7 Å². The molecule has 1 heterocycles. The van der Waals surface area contributed by atoms with Gasteiger partial charge < -0.3 is 14.7 Å². The fraction of sp³-hybridized carbons (Fsp3) is 0.222. The number of carbonyl (C=O) groups is 1. The van der Waals surface area contributed by atoms with Crippen LogP contribution in [0.15, 0.2) is 47.6 Å². The van der Waals surface area contributed by atoms with Crippen LogP contribution in [0.5, 0.6) is 0 Å². The van der Waals surface area contributed by atoms with Gasteiger partial charge in [-0.2, -0.15) is 5.10 Å². The lowest BCUT2D eigenvalue weighted by Crippen LogP contribution is -2.36. The first-order valence-electron chi connectivity index (χ1n) is 7.88. The van der Waals surface area contributed by atoms with Crippen LogP contribution in [-0.2, 0) is 4.74 Å². The maximum absolute atomic E-state index is 11.0. The van der Waals surface area contributed by atoms with Crippen molar-refractivity contribution in [3.63, 3.8) is 0 Å². The van der Waals surface area contributed by atoms with Gasteiger partial charge in [-0.1, -0.05) is 23.7 Å². The average Bonchev–Trinajstić information content (AvgIpc) is 2.64. The molecule has 0 unspecified atom stereocenters. The molecule has 0 aliphatic carbocycles. The third-order valence-electron chi connectivity index (χ3n) is 3.88. The van der Waals surface area contributed by atoms with Crippen LogP contribution in [0.2, 0.25) is 5.02 Å². The van der Waals surface area contributed by atoms with Crippen molar-refractivity contribution in [1.82, 2.24) is 0 Å². The van der Waals surface area contributed by atoms with Crippen molar-refractivity contribution < 1.29 is 14.6 Å². The molecule has 2 aromatic rings. The topological polar surface area (TPSA) is 74.2 Å². The van der Waals surface area contributed by atoms with Gasteiger partial charge >= 0.3 is 5.97 Å². The van der Waals surface area contributed by atoms with Crippen molar-refractivity contribution in [2.45, 2.75) is 0 Å². The van der Waals surface area contributed by atoms with Gasteiger partial charge in [-0.25, -0.2) is 4.79 Å². The standard InChI is InChI=1S/C18H18ClN3O3/c19-16-6-3-14(18(23)24)11-17(16)21-20-12-13-1-4-15(5-2-13)22-7-9-25-10-8-22/h1-6,11-12,21H,7-10H2,(H,23,24)/b20-12-. The summed E-state index contributed by atoms with van der Waals surface area (Å²) in [5.74, 6) is -1.01. The summed E-state index contributed by atoms with van der Waals surface area (Å²) in [6, 6.07) is 12.5. The van der Waals surface area contributed by atoms with E-state index in [2.05, 4.69) is 15.4 Å². The first-order chi connectivity index (χ1) is 12.1. The predicted molar refractivity (Wildman–Crippen MR) is 99.1 cm³/mol. The summed E-state index contributed by atoms with van der Waals surface area (Å²) in [5, 5.41) is 13.6. The smallest absolute Gasteiger partial charge is 0.335 e. The molecule has 130 valence electrons. The van der Waals surface area contributed by atoms with Crippen molar-refractivity contribution in [2.75, 3.05) is 36.6 Å². The molecule has 1 fully saturated rings. The lowest BCUT2D eigenvalue weighted by Gasteiger charge is -2.28. The minimum Gasteiger partial charge on any atom is -0.478 e. The van der Waals surface area contributed by atoms with Crippen LogP contribution in [0.25, 0.3) is 0 Å². The molecule has 0 radical (unpaired) electrons. The van der Waals surface area contributed by atoms with E-state index in [1.165, 1.54) is 18.2 Å². The lowest BCUT2D eigenvalue weighted by atomic mass is 10.2. The van der Waals surface area contributed by atoms with E-state index in [1.807, 2.05) is 24.3 Å². The number of anilines is 2. The zero-order valence-corrected chi connectivity index (χ0v) is 14.2. The number of hydrazone groups is 1. The number of hydrogen-bond donors (Lipinski definition) is 2. The molecule has 0 atom stereocenters. The summed E-state index contributed by atoms with van der Waals surface area (Å²) in [6.45, 7) is 3.30. The molecular weight excluding hydrogens is 342 g/mol. The van der Waals surface area contributed by atoms with Crippen molar-refractivity contribution >= 4 is 35.2 Å². The number of halogens is 1. The fourth-order valence-electron chi connectivity index (χ4n) is 2.51. The van der Waals surface area contributed by atoms with Crippen LogP contribution in [-0.4, -0.2) is 43.6 Å². The third-order valence-corrected chi connectivity index (χ3v) is 4.21. The number of carboxylic acids is 1. The number of rotatable bonds is 5. The van der Waals surface area contributed by atoms with Gasteiger partial charge in [0.15, 0.2) is 0 Å². The van der Waals surface area contributed by atoms with E-state index in [0.29, 0.717) is 10.7 Å². The summed E-state index contributed by atoms with van der Waals surface area (Å²) in [7, 11) is 0. The zero-order chi connectivity index (χ0) is 17.6. The number of aromatic carboxylic acids is 1. The molecule has 3 rings (SSSR count). The number of nitrogens with zero attached hydrogens (tertiary/aromatic N) is 2. The van der Waals surface area contributed by atoms with E-state index in [1.54, 1.807) is 6.21 Å². The molecule has 1 aliphatic rings. The van der Waals surface area contributed by atoms with Crippen molar-refractivity contribution in [2.24, 2.45) is 5.10 Å². The Morgan fingerprint density at radius 1 is 1.20 bits per heavy atom. The SMILES string of the molecule is O=C(O)c1ccc(Cl)c(N/N=C\c2ccc(N3CCOCC3)cc2)c1. The van der Waals surface area contributed by atoms with E-state index >= 15 is 0 Å². The van der Waals surface area contributed by atoms with E-state index < -0.39 is 5.97 Å². The number of carboxylic acid groups (broad SMARTS) is 1. The Hall–Kier alpha value is -2.57. The molecular formula is C18H18ClN3O3. The molecule has 2 aromatic carbocycles. The summed E-state index contributed by atoms with van der Waals surface area (Å²) in [4.78, 5) is 13.3. The van der Waals surface area contributed by atoms with Crippen LogP contribution < -0.4 is 10.3 Å². The number of nitrogens with one attached hydrogen (secondary N) is 1. The highest BCUT2D eigenvalue weighted by atomic mass is 35.5. The first kappa shape index (κ1) is 17.3. The van der Waals surface area contributed by atoms with Gasteiger partial charge in [0.1, 0.15) is 0 Å². The molecule has 0 amide bonds. The Bertz CT molecular complexity index is 772. The highest BCUT2D eigenvalue weighted by Gasteiger charge is 2.10. The van der Waals surface area contributed by atoms with Gasteiger partial charge in [-0.3, -0.25) is 5.43 Å². The van der Waals surface area contributed by atoms with Gasteiger partial charge in [-0.05, 0) is 35.9 Å². The molecule has 25 heavy (non-hydrogen) atoms. The maximum Gasteiger partial charge on any atom is 0.335 e. The minimum absolute atomic E-state index is 0.150. The molecule has 7 heteroatoms. The normalized spacial score (nSPS) is 14.7. The fourth-order valence-corrected chi connectivity index (χ4v) is 2.67. The van der Waals surface area contributed by atoms with E-state index in [0.717, 1.165) is 37.6 Å². The molecule has 0 saturated carbocycles. The number of ether oxygens (including phenoxy) is 1. The van der Waals surface area contributed by atoms with E-state index in [-0.39, 0.29) is 5.56 Å². The molecule has 0 spiro atoms. The summed E-state index contributed by atoms with van der Waals surface area (Å²) in [6.07, 6.45) is 1.66. The Kier molecular flexibility index (Phi) is 5.53. The molecule has 2 N–H and O–H groups in total. The van der Waals surface area contributed by atoms with Crippen molar-refractivity contribution in [3.05, 3.63) is 58.6 Å². The van der Waals surface area contributed by atoms with Crippen LogP contribution >= 0.6 is 11.6 Å². The Balaban J connectivity index is 1.64. The molecule has 1 aliphatic heterocycles. The van der Waals surface area contributed by atoms with Crippen LogP contribution in [0.4, 0.5) is 11.4 Å². The minimum atomic E-state index is -1.01. The van der Waals surface area contributed by atoms with Crippen LogP contribution in [0, 0.1) is 0 Å². The number of morpholine rings is 1. The number of hydrogen-bond acceptors (Lipinski definition) is 5. The molecule has 6 nitrogen and oxygen atoms in total. The lowest BCUT2D eigenvalue weighted by molar-refractivity contribution is 0.0697. The van der Waals surface area contributed by atoms with Crippen LogP contribution in [0.3, 0.4) is 0 Å². The monoisotopic (exact) mass is 359 g/mol. The van der Waals surface area contributed by atoms with E-state index in [4.69, 9.17) is 21.4 Å². The van der Waals surface area contributed by atoms with Gasteiger partial charge in [0, 0.05) is 18.8 Å². The number of benzene rings is 2. The Labute approximate surface area is 150 Å². The quantitative estimate of drug-likeness (QED) is 0.632. The van der Waals surface area contributed by atoms with Gasteiger partial charge in [0.2, 0.25) is 0 Å². The van der Waals surface area contributed by atoms with Crippen molar-refractivity contribution in [1.29, 1.82) is 0 Å². The highest BCUT2D eigenvalue weighted by molar-refractivity contribution is 6.33. The largest absolute Gasteiger partial charge is 0.478 e. The van der Waals surface area contributed by atoms with Crippen molar-refractivity contribution in [3.8, 4) is 0 Å².